The number of nitrogens with one attached hydrogen (secondary N) is 1. The van der Waals surface area contributed by atoms with E-state index in [1.165, 1.54) is 15.0 Å². The van der Waals surface area contributed by atoms with Gasteiger partial charge in [-0.05, 0) is 30.9 Å². The number of hydrogen-bond acceptors (Lipinski definition) is 3. The Morgan fingerprint density at radius 3 is 2.83 bits per heavy atom. The van der Waals surface area contributed by atoms with Crippen LogP contribution in [-0.4, -0.2) is 6.04 Å². The number of benzene rings is 1. The number of nitrogens with zero attached hydrogens (tertiary/aromatic N) is 1. The molecule has 2 aromatic rings. The average molecular weight is 258 g/mol. The molecule has 1 heterocycles. The van der Waals surface area contributed by atoms with Crippen molar-refractivity contribution in [1.82, 2.24) is 5.32 Å². The molecule has 1 aromatic carbocycles. The Hall–Kier alpha value is -1.37. The maximum Gasteiger partial charge on any atom is 0.0638 e. The van der Waals surface area contributed by atoms with Crippen molar-refractivity contribution in [2.24, 2.45) is 0 Å². The zero-order chi connectivity index (χ0) is 13.0. The maximum absolute atomic E-state index is 8.78. The lowest BCUT2D eigenvalue weighted by Crippen LogP contribution is -2.30. The fraction of sp³-hybridized carbons (Fsp3) is 0.400. The molecule has 2 unspecified atom stereocenters. The van der Waals surface area contributed by atoms with E-state index < -0.39 is 0 Å². The molecule has 1 N–H and O–H groups in total. The highest BCUT2D eigenvalue weighted by Crippen LogP contribution is 2.29. The SMILES string of the molecule is CCC(CC#N)NC(C)c1cc2ccccc2s1. The highest BCUT2D eigenvalue weighted by atomic mass is 32.1. The molecule has 0 spiro atoms. The standard InChI is InChI=1S/C15H18N2S/c1-3-13(8-9-16)17-11(2)15-10-12-6-4-5-7-14(12)18-15/h4-7,10-11,13,17H,3,8H2,1-2H3. The second-order valence-electron chi connectivity index (χ2n) is 4.54. The summed E-state index contributed by atoms with van der Waals surface area (Å²) in [6.45, 7) is 4.29. The lowest BCUT2D eigenvalue weighted by atomic mass is 10.1. The highest BCUT2D eigenvalue weighted by Gasteiger charge is 2.13. The van der Waals surface area contributed by atoms with Crippen LogP contribution in [0.2, 0.25) is 0 Å². The lowest BCUT2D eigenvalue weighted by Gasteiger charge is -2.19. The monoisotopic (exact) mass is 258 g/mol. The molecule has 0 bridgehead atoms. The number of thiophene rings is 1. The molecule has 94 valence electrons. The van der Waals surface area contributed by atoms with Crippen molar-refractivity contribution in [2.75, 3.05) is 0 Å². The normalized spacial score (nSPS) is 14.3. The quantitative estimate of drug-likeness (QED) is 0.870. The molecule has 0 aliphatic rings. The molecule has 0 saturated heterocycles. The van der Waals surface area contributed by atoms with Crippen molar-refractivity contribution in [3.05, 3.63) is 35.2 Å². The average Bonchev–Trinajstić information content (AvgIpc) is 2.82. The van der Waals surface area contributed by atoms with E-state index >= 15 is 0 Å². The molecule has 1 aromatic heterocycles. The van der Waals surface area contributed by atoms with Gasteiger partial charge in [-0.15, -0.1) is 11.3 Å². The number of rotatable bonds is 5. The van der Waals surface area contributed by atoms with E-state index in [1.54, 1.807) is 0 Å². The first-order chi connectivity index (χ1) is 8.74. The van der Waals surface area contributed by atoms with Crippen molar-refractivity contribution in [3.8, 4) is 6.07 Å². The molecule has 18 heavy (non-hydrogen) atoms. The third-order valence-corrected chi connectivity index (χ3v) is 4.49. The first-order valence-corrected chi connectivity index (χ1v) is 7.17. The van der Waals surface area contributed by atoms with Crippen LogP contribution in [0.4, 0.5) is 0 Å². The van der Waals surface area contributed by atoms with Gasteiger partial charge in [0.05, 0.1) is 12.5 Å². The van der Waals surface area contributed by atoms with Crippen LogP contribution in [-0.2, 0) is 0 Å². The molecule has 2 rings (SSSR count). The van der Waals surface area contributed by atoms with E-state index in [9.17, 15) is 0 Å². The Labute approximate surface area is 112 Å². The molecule has 0 amide bonds. The van der Waals surface area contributed by atoms with Gasteiger partial charge in [-0.3, -0.25) is 0 Å². The Morgan fingerprint density at radius 1 is 1.39 bits per heavy atom. The summed E-state index contributed by atoms with van der Waals surface area (Å²) in [5.74, 6) is 0. The Morgan fingerprint density at radius 2 is 2.17 bits per heavy atom. The summed E-state index contributed by atoms with van der Waals surface area (Å²) in [5.41, 5.74) is 0. The van der Waals surface area contributed by atoms with E-state index in [0.717, 1.165) is 6.42 Å². The van der Waals surface area contributed by atoms with Gasteiger partial charge in [0.15, 0.2) is 0 Å². The Kier molecular flexibility index (Phi) is 4.35. The van der Waals surface area contributed by atoms with Crippen LogP contribution in [0.1, 0.15) is 37.6 Å². The number of nitriles is 1. The van der Waals surface area contributed by atoms with Crippen LogP contribution < -0.4 is 5.32 Å². The lowest BCUT2D eigenvalue weighted by molar-refractivity contribution is 0.452. The summed E-state index contributed by atoms with van der Waals surface area (Å²) in [6.07, 6.45) is 1.56. The second-order valence-corrected chi connectivity index (χ2v) is 5.66. The molecular formula is C15H18N2S. The number of fused-ring (bicyclic) bond motifs is 1. The minimum absolute atomic E-state index is 0.287. The summed E-state index contributed by atoms with van der Waals surface area (Å²) in [5, 5.41) is 13.6. The predicted molar refractivity (Wildman–Crippen MR) is 77.7 cm³/mol. The molecule has 3 heteroatoms. The van der Waals surface area contributed by atoms with Gasteiger partial charge in [-0.2, -0.15) is 5.26 Å². The summed E-state index contributed by atoms with van der Waals surface area (Å²) in [6, 6.07) is 13.5. The molecule has 0 aliphatic heterocycles. The fourth-order valence-electron chi connectivity index (χ4n) is 2.08. The summed E-state index contributed by atoms with van der Waals surface area (Å²) in [7, 11) is 0. The zero-order valence-corrected chi connectivity index (χ0v) is 11.6. The van der Waals surface area contributed by atoms with Crippen LogP contribution in [0.5, 0.6) is 0 Å². The van der Waals surface area contributed by atoms with E-state index in [2.05, 4.69) is 55.6 Å². The Balaban J connectivity index is 2.13. The molecule has 2 nitrogen and oxygen atoms in total. The van der Waals surface area contributed by atoms with Gasteiger partial charge < -0.3 is 5.32 Å². The fourth-order valence-corrected chi connectivity index (χ4v) is 3.16. The van der Waals surface area contributed by atoms with Crippen LogP contribution >= 0.6 is 11.3 Å². The maximum atomic E-state index is 8.78. The first-order valence-electron chi connectivity index (χ1n) is 6.36. The molecule has 2 atom stereocenters. The van der Waals surface area contributed by atoms with Gasteiger partial charge >= 0.3 is 0 Å². The third-order valence-electron chi connectivity index (χ3n) is 3.19. The van der Waals surface area contributed by atoms with Gasteiger partial charge in [-0.25, -0.2) is 0 Å². The molecule has 0 aliphatic carbocycles. The van der Waals surface area contributed by atoms with E-state index in [0.29, 0.717) is 12.5 Å². The van der Waals surface area contributed by atoms with Crippen LogP contribution in [0.15, 0.2) is 30.3 Å². The van der Waals surface area contributed by atoms with Crippen LogP contribution in [0, 0.1) is 11.3 Å². The molecule has 0 fully saturated rings. The smallest absolute Gasteiger partial charge is 0.0638 e. The van der Waals surface area contributed by atoms with Crippen molar-refractivity contribution in [3.63, 3.8) is 0 Å². The first kappa shape index (κ1) is 13.1. The summed E-state index contributed by atoms with van der Waals surface area (Å²) >= 11 is 1.83. The van der Waals surface area contributed by atoms with Crippen molar-refractivity contribution >= 4 is 21.4 Å². The second kappa shape index (κ2) is 5.99. The van der Waals surface area contributed by atoms with Crippen LogP contribution in [0.3, 0.4) is 0 Å². The predicted octanol–water partition coefficient (Wildman–Crippen LogP) is 4.24. The topological polar surface area (TPSA) is 35.8 Å². The van der Waals surface area contributed by atoms with E-state index in [1.807, 2.05) is 11.3 Å². The summed E-state index contributed by atoms with van der Waals surface area (Å²) in [4.78, 5) is 1.34. The molecule has 0 radical (unpaired) electrons. The van der Waals surface area contributed by atoms with Gasteiger partial charge in [0.25, 0.3) is 0 Å². The Bertz CT molecular complexity index is 520. The van der Waals surface area contributed by atoms with Crippen molar-refractivity contribution in [2.45, 2.75) is 38.8 Å². The van der Waals surface area contributed by atoms with Crippen molar-refractivity contribution < 1.29 is 0 Å². The minimum Gasteiger partial charge on any atom is -0.306 e. The van der Waals surface area contributed by atoms with Gasteiger partial charge in [-0.1, -0.05) is 25.1 Å². The van der Waals surface area contributed by atoms with Gasteiger partial charge in [0.1, 0.15) is 0 Å². The van der Waals surface area contributed by atoms with E-state index in [4.69, 9.17) is 5.26 Å². The summed E-state index contributed by atoms with van der Waals surface area (Å²) < 4.78 is 1.33. The third kappa shape index (κ3) is 2.90. The number of hydrogen-bond donors (Lipinski definition) is 1. The molecule has 0 saturated carbocycles. The van der Waals surface area contributed by atoms with Crippen molar-refractivity contribution in [1.29, 1.82) is 5.26 Å². The van der Waals surface area contributed by atoms with E-state index in [-0.39, 0.29) is 6.04 Å². The minimum atomic E-state index is 0.287. The molecular weight excluding hydrogens is 240 g/mol. The zero-order valence-electron chi connectivity index (χ0n) is 10.8. The van der Waals surface area contributed by atoms with Gasteiger partial charge in [0, 0.05) is 21.7 Å². The van der Waals surface area contributed by atoms with Gasteiger partial charge in [0.2, 0.25) is 0 Å². The highest BCUT2D eigenvalue weighted by molar-refractivity contribution is 7.19. The van der Waals surface area contributed by atoms with Crippen LogP contribution in [0.25, 0.3) is 10.1 Å². The largest absolute Gasteiger partial charge is 0.306 e.